The van der Waals surface area contributed by atoms with E-state index in [9.17, 15) is 19.5 Å². The van der Waals surface area contributed by atoms with Crippen molar-refractivity contribution in [2.24, 2.45) is 11.8 Å². The first-order valence-corrected chi connectivity index (χ1v) is 19.5. The standard InChI is InChI=1S/C41H50BrN3O7/c1-3-5-21-33(47)43-25-32(28-17-11-7-12-18-28)51-40(50)34-35-38(48)45(30(26-46)23-27-15-9-6-10-16-27)37(41(35)24-31(42)36(34)52-41)39(49)44(22-4-2)29-19-13-8-14-20-29/h3-4,6-7,9-12,15-18,29-32,34-37,46H,1-2,5,8,13-14,19-26H2,(H,43,47)/t30-,31?,32+,34-,35+,36-,37-,41+/m1/s1. The summed E-state index contributed by atoms with van der Waals surface area (Å²) in [5.41, 5.74) is 0.277. The van der Waals surface area contributed by atoms with Gasteiger partial charge in [-0.15, -0.1) is 13.2 Å². The summed E-state index contributed by atoms with van der Waals surface area (Å²) in [7, 11) is 0. The third-order valence-electron chi connectivity index (χ3n) is 11.3. The smallest absolute Gasteiger partial charge is 0.313 e. The number of carbonyl (C=O) groups is 4. The number of nitrogens with one attached hydrogen (secondary N) is 1. The molecule has 1 spiro atoms. The zero-order chi connectivity index (χ0) is 36.8. The minimum Gasteiger partial charge on any atom is -0.455 e. The van der Waals surface area contributed by atoms with Crippen LogP contribution >= 0.6 is 15.9 Å². The molecule has 3 amide bonds. The lowest BCUT2D eigenvalue weighted by atomic mass is 9.70. The Hall–Kier alpha value is -3.80. The Kier molecular flexibility index (Phi) is 12.3. The van der Waals surface area contributed by atoms with Gasteiger partial charge in [0.2, 0.25) is 17.7 Å². The van der Waals surface area contributed by atoms with Crippen LogP contribution in [0.3, 0.4) is 0 Å². The molecule has 1 aliphatic carbocycles. The van der Waals surface area contributed by atoms with Gasteiger partial charge in [0.25, 0.3) is 0 Å². The summed E-state index contributed by atoms with van der Waals surface area (Å²) in [6, 6.07) is 16.9. The van der Waals surface area contributed by atoms with E-state index in [4.69, 9.17) is 9.47 Å². The van der Waals surface area contributed by atoms with Crippen molar-refractivity contribution in [2.75, 3.05) is 19.7 Å². The van der Waals surface area contributed by atoms with E-state index in [-0.39, 0.29) is 42.3 Å². The highest BCUT2D eigenvalue weighted by atomic mass is 79.9. The third kappa shape index (κ3) is 7.50. The Bertz CT molecular complexity index is 1600. The van der Waals surface area contributed by atoms with Gasteiger partial charge in [-0.25, -0.2) is 0 Å². The number of likely N-dealkylation sites (tertiary alicyclic amines) is 1. The van der Waals surface area contributed by atoms with E-state index in [0.29, 0.717) is 31.4 Å². The predicted molar refractivity (Wildman–Crippen MR) is 200 cm³/mol. The topological polar surface area (TPSA) is 125 Å². The molecule has 52 heavy (non-hydrogen) atoms. The summed E-state index contributed by atoms with van der Waals surface area (Å²) in [5, 5.41) is 13.8. The van der Waals surface area contributed by atoms with Gasteiger partial charge in [-0.2, -0.15) is 0 Å². The molecule has 6 rings (SSSR count). The number of rotatable bonds is 16. The minimum absolute atomic E-state index is 0.0131. The van der Waals surface area contributed by atoms with Gasteiger partial charge in [0, 0.05) is 23.8 Å². The lowest BCUT2D eigenvalue weighted by Crippen LogP contribution is -2.60. The van der Waals surface area contributed by atoms with Crippen LogP contribution in [0.2, 0.25) is 0 Å². The fourth-order valence-corrected chi connectivity index (χ4v) is 9.84. The van der Waals surface area contributed by atoms with E-state index in [1.54, 1.807) is 12.2 Å². The molecule has 1 unspecified atom stereocenters. The maximum atomic E-state index is 15.1. The Morgan fingerprint density at radius 2 is 1.75 bits per heavy atom. The Morgan fingerprint density at radius 1 is 1.06 bits per heavy atom. The van der Waals surface area contributed by atoms with Crippen LogP contribution in [0.25, 0.3) is 0 Å². The highest BCUT2D eigenvalue weighted by molar-refractivity contribution is 9.09. The molecule has 3 saturated heterocycles. The Labute approximate surface area is 314 Å². The van der Waals surface area contributed by atoms with Crippen molar-refractivity contribution in [3.05, 3.63) is 97.1 Å². The first-order valence-electron chi connectivity index (χ1n) is 18.6. The van der Waals surface area contributed by atoms with Crippen molar-refractivity contribution < 1.29 is 33.8 Å². The summed E-state index contributed by atoms with van der Waals surface area (Å²) in [5.74, 6) is -3.49. The van der Waals surface area contributed by atoms with Crippen LogP contribution in [-0.4, -0.2) is 93.0 Å². The van der Waals surface area contributed by atoms with E-state index < -0.39 is 53.6 Å². The van der Waals surface area contributed by atoms with Crippen molar-refractivity contribution in [1.29, 1.82) is 0 Å². The summed E-state index contributed by atoms with van der Waals surface area (Å²) >= 11 is 3.77. The molecular formula is C41H50BrN3O7. The summed E-state index contributed by atoms with van der Waals surface area (Å²) in [6.07, 6.45) is 8.10. The van der Waals surface area contributed by atoms with Gasteiger partial charge < -0.3 is 29.7 Å². The molecule has 2 N–H and O–H groups in total. The predicted octanol–water partition coefficient (Wildman–Crippen LogP) is 5.05. The lowest BCUT2D eigenvalue weighted by molar-refractivity contribution is -0.161. The van der Waals surface area contributed by atoms with Crippen molar-refractivity contribution in [3.8, 4) is 0 Å². The number of benzene rings is 2. The molecule has 2 aromatic carbocycles. The first kappa shape index (κ1) is 37.9. The number of amides is 3. The second kappa shape index (κ2) is 16.9. The van der Waals surface area contributed by atoms with E-state index >= 15 is 4.79 Å². The van der Waals surface area contributed by atoms with E-state index in [2.05, 4.69) is 34.4 Å². The number of hydrogen-bond donors (Lipinski definition) is 2. The number of carbonyl (C=O) groups excluding carboxylic acids is 4. The number of nitrogens with zero attached hydrogens (tertiary/aromatic N) is 2. The maximum Gasteiger partial charge on any atom is 0.313 e. The summed E-state index contributed by atoms with van der Waals surface area (Å²) in [4.78, 5) is 60.2. The van der Waals surface area contributed by atoms with Crippen LogP contribution in [0.15, 0.2) is 86.0 Å². The third-order valence-corrected chi connectivity index (χ3v) is 12.1. The molecular weight excluding hydrogens is 726 g/mol. The maximum absolute atomic E-state index is 15.1. The van der Waals surface area contributed by atoms with Crippen molar-refractivity contribution in [1.82, 2.24) is 15.1 Å². The van der Waals surface area contributed by atoms with Crippen LogP contribution in [0.5, 0.6) is 0 Å². The second-order valence-corrected chi connectivity index (χ2v) is 15.7. The zero-order valence-electron chi connectivity index (χ0n) is 29.6. The van der Waals surface area contributed by atoms with Gasteiger partial charge in [-0.05, 0) is 43.2 Å². The molecule has 2 bridgehead atoms. The molecule has 2 aromatic rings. The Balaban J connectivity index is 1.36. The van der Waals surface area contributed by atoms with Gasteiger partial charge >= 0.3 is 5.97 Å². The van der Waals surface area contributed by atoms with Gasteiger partial charge in [0.1, 0.15) is 17.7 Å². The van der Waals surface area contributed by atoms with E-state index in [1.165, 1.54) is 4.90 Å². The van der Waals surface area contributed by atoms with Crippen LogP contribution in [0, 0.1) is 11.8 Å². The van der Waals surface area contributed by atoms with Gasteiger partial charge in [0.05, 0.1) is 37.1 Å². The zero-order valence-corrected chi connectivity index (χ0v) is 31.2. The molecule has 11 heteroatoms. The molecule has 1 saturated carbocycles. The van der Waals surface area contributed by atoms with Crippen molar-refractivity contribution in [3.63, 3.8) is 0 Å². The second-order valence-electron chi connectivity index (χ2n) is 14.5. The molecule has 3 aliphatic heterocycles. The quantitative estimate of drug-likeness (QED) is 0.139. The number of aliphatic hydroxyl groups is 1. The van der Waals surface area contributed by atoms with Gasteiger partial charge in [0.15, 0.2) is 0 Å². The van der Waals surface area contributed by atoms with Gasteiger partial charge in [-0.3, -0.25) is 19.2 Å². The van der Waals surface area contributed by atoms with Crippen molar-refractivity contribution in [2.45, 2.75) is 98.5 Å². The monoisotopic (exact) mass is 775 g/mol. The molecule has 278 valence electrons. The number of ether oxygens (including phenoxy) is 2. The summed E-state index contributed by atoms with van der Waals surface area (Å²) < 4.78 is 13.0. The average Bonchev–Trinajstić information content (AvgIpc) is 3.77. The highest BCUT2D eigenvalue weighted by Gasteiger charge is 2.77. The normalized spacial score (nSPS) is 27.8. The number of allylic oxidation sites excluding steroid dienone is 1. The van der Waals surface area contributed by atoms with E-state index in [1.807, 2.05) is 65.6 Å². The minimum atomic E-state index is -1.32. The van der Waals surface area contributed by atoms with Crippen LogP contribution in [0.4, 0.5) is 0 Å². The largest absolute Gasteiger partial charge is 0.455 e. The lowest BCUT2D eigenvalue weighted by Gasteiger charge is -2.42. The fraction of sp³-hybridized carbons (Fsp3) is 0.512. The highest BCUT2D eigenvalue weighted by Crippen LogP contribution is 2.61. The number of fused-ring (bicyclic) bond motifs is 1. The van der Waals surface area contributed by atoms with Crippen LogP contribution < -0.4 is 5.32 Å². The van der Waals surface area contributed by atoms with Crippen LogP contribution in [0.1, 0.15) is 68.6 Å². The van der Waals surface area contributed by atoms with Crippen LogP contribution in [-0.2, 0) is 35.1 Å². The fourth-order valence-electron chi connectivity index (χ4n) is 8.90. The SMILES string of the molecule is C=CCCC(=O)NC[C@H](OC(=O)[C@H]1[C@@H]2O[C@@]3(CC2Br)[C@@H]1C(=O)N([C@@H](CO)Cc1ccccc1)[C@@H]3C(=O)N(CC=C)C1CCCCC1)c1ccccc1. The molecule has 0 aromatic heterocycles. The number of aliphatic hydroxyl groups excluding tert-OH is 1. The Morgan fingerprint density at radius 3 is 2.40 bits per heavy atom. The molecule has 4 fully saturated rings. The molecule has 4 aliphatic rings. The van der Waals surface area contributed by atoms with Crippen molar-refractivity contribution >= 4 is 39.6 Å². The molecule has 8 atom stereocenters. The van der Waals surface area contributed by atoms with Gasteiger partial charge in [-0.1, -0.05) is 108 Å². The first-order chi connectivity index (χ1) is 25.2. The molecule has 0 radical (unpaired) electrons. The molecule has 10 nitrogen and oxygen atoms in total. The molecule has 3 heterocycles. The average molecular weight is 777 g/mol. The number of hydrogen-bond acceptors (Lipinski definition) is 7. The number of esters is 1. The number of halogens is 1. The van der Waals surface area contributed by atoms with E-state index in [0.717, 1.165) is 37.7 Å². The summed E-state index contributed by atoms with van der Waals surface area (Å²) in [6.45, 7) is 7.61. The number of alkyl halides is 1.